The number of halogens is 2. The Balaban J connectivity index is 1.74. The molecule has 7 heteroatoms. The van der Waals surface area contributed by atoms with E-state index in [1.807, 2.05) is 11.4 Å². The molecule has 25 heavy (non-hydrogen) atoms. The van der Waals surface area contributed by atoms with E-state index in [4.69, 9.17) is 21.1 Å². The van der Waals surface area contributed by atoms with Crippen LogP contribution in [0.5, 0.6) is 11.5 Å². The third kappa shape index (κ3) is 4.41. The fourth-order valence-corrected chi connectivity index (χ4v) is 3.08. The van der Waals surface area contributed by atoms with Gasteiger partial charge in [-0.2, -0.15) is 0 Å². The first kappa shape index (κ1) is 17.5. The number of aromatic nitrogens is 1. The molecular weight excluding hydrogens is 363 g/mol. The van der Waals surface area contributed by atoms with Crippen molar-refractivity contribution in [2.24, 2.45) is 0 Å². The van der Waals surface area contributed by atoms with E-state index in [1.54, 1.807) is 37.6 Å². The zero-order valence-electron chi connectivity index (χ0n) is 13.5. The lowest BCUT2D eigenvalue weighted by Gasteiger charge is -2.15. The molecule has 0 amide bonds. The van der Waals surface area contributed by atoms with Crippen LogP contribution in [-0.4, -0.2) is 12.1 Å². The molecule has 0 bridgehead atoms. The largest absolute Gasteiger partial charge is 0.493 e. The summed E-state index contributed by atoms with van der Waals surface area (Å²) in [5, 5.41) is 6.34. The number of hydrogen-bond acceptors (Lipinski definition) is 5. The van der Waals surface area contributed by atoms with Crippen molar-refractivity contribution < 1.29 is 13.9 Å². The van der Waals surface area contributed by atoms with E-state index in [2.05, 4.69) is 10.3 Å². The zero-order chi connectivity index (χ0) is 17.6. The van der Waals surface area contributed by atoms with Crippen molar-refractivity contribution >= 4 is 28.1 Å². The molecule has 0 aliphatic heterocycles. The molecule has 1 heterocycles. The quantitative estimate of drug-likeness (QED) is 0.618. The molecule has 4 nitrogen and oxygen atoms in total. The van der Waals surface area contributed by atoms with Gasteiger partial charge in [0.25, 0.3) is 0 Å². The summed E-state index contributed by atoms with van der Waals surface area (Å²) in [6.45, 7) is 0.622. The molecule has 130 valence electrons. The minimum Gasteiger partial charge on any atom is -0.493 e. The normalized spacial score (nSPS) is 10.5. The van der Waals surface area contributed by atoms with E-state index in [0.717, 1.165) is 10.7 Å². The number of benzene rings is 2. The van der Waals surface area contributed by atoms with Crippen LogP contribution in [0.3, 0.4) is 0 Å². The summed E-state index contributed by atoms with van der Waals surface area (Å²) in [6.07, 6.45) is 1.74. The van der Waals surface area contributed by atoms with Gasteiger partial charge in [0.05, 0.1) is 12.1 Å². The topological polar surface area (TPSA) is 43.4 Å². The number of hydrogen-bond donors (Lipinski definition) is 1. The van der Waals surface area contributed by atoms with Gasteiger partial charge in [-0.15, -0.1) is 11.3 Å². The lowest BCUT2D eigenvalue weighted by atomic mass is 10.2. The second kappa shape index (κ2) is 8.18. The SMILES string of the molecule is COc1cc(CNc2nccs2)cc(Cl)c1OCc1ccccc1F. The Morgan fingerprint density at radius 2 is 2.12 bits per heavy atom. The smallest absolute Gasteiger partial charge is 0.182 e. The van der Waals surface area contributed by atoms with E-state index in [1.165, 1.54) is 17.4 Å². The molecule has 0 saturated heterocycles. The predicted octanol–water partition coefficient (Wildman–Crippen LogP) is 5.14. The van der Waals surface area contributed by atoms with E-state index < -0.39 is 0 Å². The Hall–Kier alpha value is -2.31. The molecule has 0 spiro atoms. The maximum Gasteiger partial charge on any atom is 0.182 e. The van der Waals surface area contributed by atoms with E-state index >= 15 is 0 Å². The molecule has 0 aliphatic rings. The summed E-state index contributed by atoms with van der Waals surface area (Å²) in [4.78, 5) is 4.17. The first-order valence-corrected chi connectivity index (χ1v) is 8.79. The predicted molar refractivity (Wildman–Crippen MR) is 98.2 cm³/mol. The molecule has 0 fully saturated rings. The van der Waals surface area contributed by atoms with Gasteiger partial charge in [-0.25, -0.2) is 9.37 Å². The van der Waals surface area contributed by atoms with Crippen LogP contribution in [0.15, 0.2) is 48.0 Å². The van der Waals surface area contributed by atoms with Gasteiger partial charge < -0.3 is 14.8 Å². The highest BCUT2D eigenvalue weighted by atomic mass is 35.5. The van der Waals surface area contributed by atoms with E-state index in [9.17, 15) is 4.39 Å². The monoisotopic (exact) mass is 378 g/mol. The Kier molecular flexibility index (Phi) is 5.73. The third-order valence-electron chi connectivity index (χ3n) is 3.50. The molecule has 3 rings (SSSR count). The number of thiazole rings is 1. The van der Waals surface area contributed by atoms with Crippen LogP contribution in [0.1, 0.15) is 11.1 Å². The fraction of sp³-hybridized carbons (Fsp3) is 0.167. The zero-order valence-corrected chi connectivity index (χ0v) is 15.0. The van der Waals surface area contributed by atoms with Crippen molar-refractivity contribution in [3.8, 4) is 11.5 Å². The fourth-order valence-electron chi connectivity index (χ4n) is 2.27. The second-order valence-electron chi connectivity index (χ2n) is 5.18. The minimum atomic E-state index is -0.318. The van der Waals surface area contributed by atoms with E-state index in [-0.39, 0.29) is 12.4 Å². The second-order valence-corrected chi connectivity index (χ2v) is 6.48. The van der Waals surface area contributed by atoms with Crippen LogP contribution in [0.25, 0.3) is 0 Å². The maximum atomic E-state index is 13.7. The lowest BCUT2D eigenvalue weighted by molar-refractivity contribution is 0.280. The molecular formula is C18H16ClFN2O2S. The van der Waals surface area contributed by atoms with Crippen molar-refractivity contribution in [2.75, 3.05) is 12.4 Å². The Bertz CT molecular complexity index is 843. The van der Waals surface area contributed by atoms with Gasteiger partial charge in [-0.1, -0.05) is 29.8 Å². The Labute approximate surface area is 154 Å². The van der Waals surface area contributed by atoms with Gasteiger partial charge in [-0.05, 0) is 23.8 Å². The number of nitrogens with one attached hydrogen (secondary N) is 1. The summed E-state index contributed by atoms with van der Waals surface area (Å²) in [5.41, 5.74) is 1.38. The first-order chi connectivity index (χ1) is 12.2. The number of methoxy groups -OCH3 is 1. The van der Waals surface area contributed by atoms with Gasteiger partial charge in [0, 0.05) is 23.7 Å². The van der Waals surface area contributed by atoms with Crippen molar-refractivity contribution in [3.05, 3.63) is 69.9 Å². The summed E-state index contributed by atoms with van der Waals surface area (Å²) >= 11 is 7.86. The van der Waals surface area contributed by atoms with Crippen molar-refractivity contribution in [1.82, 2.24) is 4.98 Å². The van der Waals surface area contributed by atoms with Crippen molar-refractivity contribution in [2.45, 2.75) is 13.2 Å². The van der Waals surface area contributed by atoms with Gasteiger partial charge >= 0.3 is 0 Å². The van der Waals surface area contributed by atoms with Gasteiger partial charge in [-0.3, -0.25) is 0 Å². The molecule has 1 N–H and O–H groups in total. The summed E-state index contributed by atoms with van der Waals surface area (Å²) < 4.78 is 24.8. The number of rotatable bonds is 7. The molecule has 1 aromatic heterocycles. The third-order valence-corrected chi connectivity index (χ3v) is 4.51. The molecule has 2 aromatic carbocycles. The minimum absolute atomic E-state index is 0.0689. The van der Waals surface area contributed by atoms with Gasteiger partial charge in [0.15, 0.2) is 16.6 Å². The molecule has 0 radical (unpaired) electrons. The average Bonchev–Trinajstić information content (AvgIpc) is 3.13. The van der Waals surface area contributed by atoms with Crippen molar-refractivity contribution in [1.29, 1.82) is 0 Å². The molecule has 3 aromatic rings. The van der Waals surface area contributed by atoms with Gasteiger partial charge in [0.2, 0.25) is 0 Å². The number of ether oxygens (including phenoxy) is 2. The van der Waals surface area contributed by atoms with Crippen LogP contribution >= 0.6 is 22.9 Å². The Morgan fingerprint density at radius 1 is 1.28 bits per heavy atom. The van der Waals surface area contributed by atoms with Crippen LogP contribution in [0.2, 0.25) is 5.02 Å². The maximum absolute atomic E-state index is 13.7. The first-order valence-electron chi connectivity index (χ1n) is 7.53. The summed E-state index contributed by atoms with van der Waals surface area (Å²) in [6, 6.07) is 10.1. The lowest BCUT2D eigenvalue weighted by Crippen LogP contribution is -2.03. The molecule has 0 saturated carbocycles. The highest BCUT2D eigenvalue weighted by Gasteiger charge is 2.13. The highest BCUT2D eigenvalue weighted by molar-refractivity contribution is 7.13. The van der Waals surface area contributed by atoms with Crippen LogP contribution in [-0.2, 0) is 13.2 Å². The number of anilines is 1. The van der Waals surface area contributed by atoms with Crippen LogP contribution < -0.4 is 14.8 Å². The standard InChI is InChI=1S/C18H16ClFN2O2S/c1-23-16-9-12(10-22-18-21-6-7-25-18)8-14(19)17(16)24-11-13-4-2-3-5-15(13)20/h2-9H,10-11H2,1H3,(H,21,22). The summed E-state index contributed by atoms with van der Waals surface area (Å²) in [7, 11) is 1.54. The van der Waals surface area contributed by atoms with Gasteiger partial charge in [0.1, 0.15) is 12.4 Å². The van der Waals surface area contributed by atoms with Crippen molar-refractivity contribution in [3.63, 3.8) is 0 Å². The molecule has 0 unspecified atom stereocenters. The van der Waals surface area contributed by atoms with E-state index in [0.29, 0.717) is 28.6 Å². The number of nitrogens with zero attached hydrogens (tertiary/aromatic N) is 1. The highest BCUT2D eigenvalue weighted by Crippen LogP contribution is 2.37. The summed E-state index contributed by atoms with van der Waals surface area (Å²) in [5.74, 6) is 0.576. The Morgan fingerprint density at radius 3 is 2.84 bits per heavy atom. The molecule has 0 aliphatic carbocycles. The molecule has 0 atom stereocenters. The van der Waals surface area contributed by atoms with Crippen LogP contribution in [0, 0.1) is 5.82 Å². The van der Waals surface area contributed by atoms with Crippen LogP contribution in [0.4, 0.5) is 9.52 Å². The average molecular weight is 379 g/mol.